The molecule has 0 fully saturated rings. The van der Waals surface area contributed by atoms with Gasteiger partial charge in [-0.1, -0.05) is 119 Å². The molecule has 0 atom stereocenters. The minimum absolute atomic E-state index is 0. The van der Waals surface area contributed by atoms with Gasteiger partial charge in [0.05, 0.1) is 18.2 Å². The summed E-state index contributed by atoms with van der Waals surface area (Å²) < 4.78 is 5.60. The monoisotopic (exact) mass is 687 g/mol. The minimum Gasteiger partial charge on any atom is -0.536 e. The number of aryl methyl sites for hydroxylation is 2. The molecule has 40 heavy (non-hydrogen) atoms. The Morgan fingerprint density at radius 3 is 1.75 bits per heavy atom. The molecule has 1 radical (unpaired) electrons. The van der Waals surface area contributed by atoms with Crippen LogP contribution in [0.25, 0.3) is 11.1 Å². The molecule has 0 unspecified atom stereocenters. The molecule has 0 aromatic heterocycles. The Hall–Kier alpha value is -1.74. The second kappa shape index (κ2) is 19.4. The van der Waals surface area contributed by atoms with Crippen molar-refractivity contribution in [2.75, 3.05) is 0 Å². The van der Waals surface area contributed by atoms with Crippen molar-refractivity contribution in [2.45, 2.75) is 41.9 Å². The Bertz CT molecular complexity index is 1360. The molecule has 0 saturated carbocycles. The molecular formula is C30H33BBrCl4O4. The number of rotatable bonds is 5. The molecule has 0 aliphatic heterocycles. The van der Waals surface area contributed by atoms with Gasteiger partial charge in [0.1, 0.15) is 5.75 Å². The van der Waals surface area contributed by atoms with Crippen molar-refractivity contribution < 1.29 is 19.9 Å². The first-order chi connectivity index (χ1) is 18.1. The molecule has 3 N–H and O–H groups in total. The highest BCUT2D eigenvalue weighted by Crippen LogP contribution is 2.33. The summed E-state index contributed by atoms with van der Waals surface area (Å²) in [6, 6.07) is 21.9. The van der Waals surface area contributed by atoms with Crippen LogP contribution >= 0.6 is 62.3 Å². The van der Waals surface area contributed by atoms with Crippen molar-refractivity contribution in [1.82, 2.24) is 0 Å². The minimum atomic E-state index is -0.0140. The van der Waals surface area contributed by atoms with Gasteiger partial charge in [-0.3, -0.25) is 0 Å². The largest absolute Gasteiger partial charge is 0.569 e. The number of hydrogen-bond donors (Lipinski definition) is 3. The van der Waals surface area contributed by atoms with E-state index in [0.717, 1.165) is 32.3 Å². The van der Waals surface area contributed by atoms with Crippen LogP contribution < -0.4 is 4.65 Å². The number of hydrogen-bond acceptors (Lipinski definition) is 4. The molecule has 215 valence electrons. The van der Waals surface area contributed by atoms with Crippen molar-refractivity contribution >= 4 is 70.0 Å². The van der Waals surface area contributed by atoms with E-state index in [1.54, 1.807) is 24.3 Å². The molecule has 0 spiro atoms. The van der Waals surface area contributed by atoms with Crippen LogP contribution in [0.5, 0.6) is 5.75 Å². The maximum atomic E-state index is 9.39. The average molecular weight is 690 g/mol. The maximum Gasteiger partial charge on any atom is 0.569 e. The summed E-state index contributed by atoms with van der Waals surface area (Å²) in [5, 5.41) is 28.7. The molecule has 10 heteroatoms. The van der Waals surface area contributed by atoms with Crippen molar-refractivity contribution in [3.05, 3.63) is 120 Å². The van der Waals surface area contributed by atoms with Gasteiger partial charge in [-0.2, -0.15) is 0 Å². The van der Waals surface area contributed by atoms with E-state index in [1.165, 1.54) is 11.6 Å². The highest BCUT2D eigenvalue weighted by atomic mass is 79.9. The van der Waals surface area contributed by atoms with Gasteiger partial charge in [-0.25, -0.2) is 0 Å². The topological polar surface area (TPSA) is 69.9 Å². The lowest BCUT2D eigenvalue weighted by molar-refractivity contribution is 0.281. The van der Waals surface area contributed by atoms with E-state index >= 15 is 0 Å². The third-order valence-electron chi connectivity index (χ3n) is 5.09. The Kier molecular flexibility index (Phi) is 18.6. The maximum absolute atomic E-state index is 9.39. The van der Waals surface area contributed by atoms with Crippen LogP contribution in [0.2, 0.25) is 20.1 Å². The van der Waals surface area contributed by atoms with Gasteiger partial charge in [0.2, 0.25) is 0 Å². The van der Waals surface area contributed by atoms with E-state index in [9.17, 15) is 5.11 Å². The number of halogens is 5. The lowest BCUT2D eigenvalue weighted by Crippen LogP contribution is -1.99. The number of benzene rings is 4. The third-order valence-corrected chi connectivity index (χ3v) is 6.98. The predicted molar refractivity (Wildman–Crippen MR) is 176 cm³/mol. The second-order valence-electron chi connectivity index (χ2n) is 7.99. The van der Waals surface area contributed by atoms with Crippen molar-refractivity contribution in [3.8, 4) is 16.9 Å². The first-order valence-corrected chi connectivity index (χ1v) is 13.5. The second-order valence-corrected chi connectivity index (χ2v) is 10.5. The Morgan fingerprint density at radius 2 is 1.20 bits per heavy atom. The molecular weight excluding hydrogens is 657 g/mol. The number of aliphatic hydroxyl groups is 2. The SMILES string of the molecule is C.C.Cc1ccc(-c2cc(Cl)ccc2Cl)c(CO)c1.Cc1ccc(Br)c(CO)c1.O[B]Oc1cc(Cl)ccc1Cl. The van der Waals surface area contributed by atoms with E-state index in [1.807, 2.05) is 56.3 Å². The van der Waals surface area contributed by atoms with Gasteiger partial charge in [0, 0.05) is 25.1 Å². The van der Waals surface area contributed by atoms with Gasteiger partial charge in [0.25, 0.3) is 0 Å². The summed E-state index contributed by atoms with van der Waals surface area (Å²) in [5.74, 6) is 0.335. The average Bonchev–Trinajstić information content (AvgIpc) is 2.90. The zero-order valence-electron chi connectivity index (χ0n) is 20.6. The Labute approximate surface area is 266 Å². The van der Waals surface area contributed by atoms with Gasteiger partial charge in [-0.05, 0) is 73.0 Å². The fourth-order valence-electron chi connectivity index (χ4n) is 3.27. The van der Waals surface area contributed by atoms with Crippen LogP contribution in [0, 0.1) is 13.8 Å². The summed E-state index contributed by atoms with van der Waals surface area (Å²) in [6.45, 7) is 4.08. The lowest BCUT2D eigenvalue weighted by atomic mass is 9.98. The van der Waals surface area contributed by atoms with E-state index in [-0.39, 0.29) is 28.1 Å². The predicted octanol–water partition coefficient (Wildman–Crippen LogP) is 9.88. The zero-order chi connectivity index (χ0) is 28.2. The van der Waals surface area contributed by atoms with Crippen LogP contribution in [-0.4, -0.2) is 22.9 Å². The molecule has 0 heterocycles. The fraction of sp³-hybridized carbons (Fsp3) is 0.200. The molecule has 4 nitrogen and oxygen atoms in total. The van der Waals surface area contributed by atoms with Crippen LogP contribution in [0.4, 0.5) is 0 Å². The van der Waals surface area contributed by atoms with Crippen LogP contribution in [0.3, 0.4) is 0 Å². The molecule has 4 rings (SSSR count). The summed E-state index contributed by atoms with van der Waals surface area (Å²) in [7, 11) is 0.553. The highest BCUT2D eigenvalue weighted by Gasteiger charge is 2.09. The van der Waals surface area contributed by atoms with Gasteiger partial charge in [-0.15, -0.1) is 0 Å². The summed E-state index contributed by atoms with van der Waals surface area (Å²) in [4.78, 5) is 0. The quantitative estimate of drug-likeness (QED) is 0.183. The summed E-state index contributed by atoms with van der Waals surface area (Å²) in [6.07, 6.45) is 0. The molecule has 0 bridgehead atoms. The first-order valence-electron chi connectivity index (χ1n) is 11.2. The first kappa shape index (κ1) is 38.3. The molecule has 4 aromatic carbocycles. The van der Waals surface area contributed by atoms with E-state index in [4.69, 9.17) is 56.5 Å². The number of aliphatic hydroxyl groups excluding tert-OH is 2. The normalized spacial score (nSPS) is 9.55. The molecule has 0 amide bonds. The fourth-order valence-corrected chi connectivity index (χ4v) is 4.36. The van der Waals surface area contributed by atoms with Gasteiger partial charge >= 0.3 is 7.69 Å². The molecule has 4 aromatic rings. The van der Waals surface area contributed by atoms with E-state index in [2.05, 4.69) is 20.6 Å². The van der Waals surface area contributed by atoms with Gasteiger partial charge in [0.15, 0.2) is 0 Å². The van der Waals surface area contributed by atoms with Crippen molar-refractivity contribution in [2.24, 2.45) is 0 Å². The van der Waals surface area contributed by atoms with Crippen LogP contribution in [-0.2, 0) is 13.2 Å². The van der Waals surface area contributed by atoms with Crippen LogP contribution in [0.15, 0.2) is 77.3 Å². The Balaban J connectivity index is 0.000000583. The standard InChI is InChI=1S/C14H12Cl2O.C8H9BrO.C6H4BCl2O2.2CH4/c1-9-2-4-12(10(6-9)8-17)13-7-11(15)3-5-14(13)16;1-6-2-3-8(9)7(4-6)5-10;8-4-1-2-5(9)6(3-4)11-7-10;;/h2-7,17H,8H2,1H3;2-4,10H,5H2,1H3;1-3,10H;2*1H4. The van der Waals surface area contributed by atoms with E-state index in [0.29, 0.717) is 33.5 Å². The summed E-state index contributed by atoms with van der Waals surface area (Å²) >= 11 is 26.7. The molecule has 0 saturated heterocycles. The van der Waals surface area contributed by atoms with Crippen molar-refractivity contribution in [1.29, 1.82) is 0 Å². The lowest BCUT2D eigenvalue weighted by Gasteiger charge is -2.10. The molecule has 0 aliphatic carbocycles. The van der Waals surface area contributed by atoms with Crippen molar-refractivity contribution in [3.63, 3.8) is 0 Å². The zero-order valence-corrected chi connectivity index (χ0v) is 25.2. The third kappa shape index (κ3) is 12.0. The Morgan fingerprint density at radius 1 is 0.675 bits per heavy atom. The van der Waals surface area contributed by atoms with Gasteiger partial charge < -0.3 is 19.9 Å². The summed E-state index contributed by atoms with van der Waals surface area (Å²) in [5.41, 5.74) is 5.85. The van der Waals surface area contributed by atoms with Crippen LogP contribution in [0.1, 0.15) is 37.1 Å². The smallest absolute Gasteiger partial charge is 0.536 e. The highest BCUT2D eigenvalue weighted by molar-refractivity contribution is 9.10. The van der Waals surface area contributed by atoms with E-state index < -0.39 is 0 Å². The molecule has 0 aliphatic rings.